The van der Waals surface area contributed by atoms with Gasteiger partial charge in [0.2, 0.25) is 6.79 Å². The number of nitrogens with zero attached hydrogens (tertiary/aromatic N) is 1. The number of carbonyl (C=O) groups is 1. The minimum atomic E-state index is -1.91. The molecule has 38 heavy (non-hydrogen) atoms. The summed E-state index contributed by atoms with van der Waals surface area (Å²) in [6.07, 6.45) is 1.47. The lowest BCUT2D eigenvalue weighted by molar-refractivity contribution is -0.136. The van der Waals surface area contributed by atoms with E-state index in [1.54, 1.807) is 73.8 Å². The Balaban J connectivity index is 1.28. The number of aliphatic hydroxyl groups is 1. The van der Waals surface area contributed by atoms with Crippen LogP contribution in [0, 0.1) is 0 Å². The maximum atomic E-state index is 13.2. The van der Waals surface area contributed by atoms with Crippen LogP contribution in [-0.4, -0.2) is 31.1 Å². The lowest BCUT2D eigenvalue weighted by atomic mass is 9.85. The monoisotopic (exact) mass is 510 g/mol. The van der Waals surface area contributed by atoms with Gasteiger partial charge in [0.25, 0.3) is 5.91 Å². The molecule has 1 aliphatic rings. The third-order valence-electron chi connectivity index (χ3n) is 6.11. The summed E-state index contributed by atoms with van der Waals surface area (Å²) >= 11 is 0. The predicted molar refractivity (Wildman–Crippen MR) is 142 cm³/mol. The van der Waals surface area contributed by atoms with E-state index >= 15 is 0 Å². The van der Waals surface area contributed by atoms with Crippen LogP contribution in [0.25, 0.3) is 0 Å². The summed E-state index contributed by atoms with van der Waals surface area (Å²) in [4.78, 5) is 13.2. The van der Waals surface area contributed by atoms with Gasteiger partial charge in [-0.15, -0.1) is 0 Å². The average molecular weight is 511 g/mol. The fraction of sp³-hybridized carbons (Fsp3) is 0.133. The Labute approximate surface area is 220 Å². The van der Waals surface area contributed by atoms with Crippen LogP contribution in [0.1, 0.15) is 22.3 Å². The van der Waals surface area contributed by atoms with Crippen molar-refractivity contribution < 1.29 is 28.8 Å². The first-order chi connectivity index (χ1) is 18.6. The molecule has 8 heteroatoms. The molecule has 1 heterocycles. The van der Waals surface area contributed by atoms with Crippen LogP contribution in [0.15, 0.2) is 102 Å². The Hall–Kier alpha value is -4.82. The van der Waals surface area contributed by atoms with E-state index in [2.05, 4.69) is 10.5 Å². The largest absolute Gasteiger partial charge is 0.493 e. The molecular weight excluding hydrogens is 484 g/mol. The van der Waals surface area contributed by atoms with Crippen LogP contribution in [-0.2, 0) is 17.0 Å². The zero-order valence-electron chi connectivity index (χ0n) is 20.7. The standard InChI is InChI=1S/C30H26N2O6/c1-35-27-16-21(12-14-25(27)36-19-22-13-15-26-28(17-22)38-20-37-26)18-31-32-29(33)30(34,23-8-4-2-5-9-23)24-10-6-3-7-11-24/h2-18,34H,19-20H2,1H3,(H,32,33)/b31-18-. The summed E-state index contributed by atoms with van der Waals surface area (Å²) < 4.78 is 22.2. The lowest BCUT2D eigenvalue weighted by Crippen LogP contribution is -2.43. The molecule has 1 amide bonds. The highest BCUT2D eigenvalue weighted by molar-refractivity contribution is 5.91. The zero-order valence-corrected chi connectivity index (χ0v) is 20.7. The fourth-order valence-corrected chi connectivity index (χ4v) is 4.11. The zero-order chi connectivity index (χ0) is 26.4. The molecule has 0 unspecified atom stereocenters. The molecule has 0 atom stereocenters. The highest BCUT2D eigenvalue weighted by Gasteiger charge is 2.39. The molecule has 0 aromatic heterocycles. The van der Waals surface area contributed by atoms with Crippen LogP contribution in [0.2, 0.25) is 0 Å². The molecule has 0 bridgehead atoms. The third kappa shape index (κ3) is 5.16. The van der Waals surface area contributed by atoms with Crippen molar-refractivity contribution in [3.63, 3.8) is 0 Å². The van der Waals surface area contributed by atoms with Gasteiger partial charge in [-0.25, -0.2) is 5.43 Å². The number of fused-ring (bicyclic) bond motifs is 1. The number of rotatable bonds is 9. The Bertz CT molecular complexity index is 1400. The Morgan fingerprint density at radius 2 is 1.61 bits per heavy atom. The van der Waals surface area contributed by atoms with E-state index in [0.717, 1.165) is 5.56 Å². The van der Waals surface area contributed by atoms with Crippen molar-refractivity contribution in [3.8, 4) is 23.0 Å². The van der Waals surface area contributed by atoms with E-state index in [0.29, 0.717) is 46.3 Å². The number of methoxy groups -OCH3 is 1. The first-order valence-corrected chi connectivity index (χ1v) is 11.9. The Morgan fingerprint density at radius 1 is 0.921 bits per heavy atom. The van der Waals surface area contributed by atoms with Crippen molar-refractivity contribution in [2.45, 2.75) is 12.2 Å². The Morgan fingerprint density at radius 3 is 2.29 bits per heavy atom. The molecular formula is C30H26N2O6. The summed E-state index contributed by atoms with van der Waals surface area (Å²) in [5, 5.41) is 15.6. The minimum Gasteiger partial charge on any atom is -0.493 e. The first-order valence-electron chi connectivity index (χ1n) is 11.9. The van der Waals surface area contributed by atoms with Crippen molar-refractivity contribution in [1.29, 1.82) is 0 Å². The molecule has 1 aliphatic heterocycles. The molecule has 192 valence electrons. The Kier molecular flexibility index (Phi) is 7.24. The first kappa shape index (κ1) is 24.9. The van der Waals surface area contributed by atoms with E-state index in [9.17, 15) is 9.90 Å². The third-order valence-corrected chi connectivity index (χ3v) is 6.11. The van der Waals surface area contributed by atoms with E-state index in [4.69, 9.17) is 18.9 Å². The van der Waals surface area contributed by atoms with Crippen molar-refractivity contribution >= 4 is 12.1 Å². The minimum absolute atomic E-state index is 0.217. The summed E-state index contributed by atoms with van der Waals surface area (Å²) in [6.45, 7) is 0.531. The second-order valence-corrected chi connectivity index (χ2v) is 8.53. The molecule has 4 aromatic rings. The molecule has 5 rings (SSSR count). The molecule has 0 spiro atoms. The normalized spacial score (nSPS) is 12.4. The van der Waals surface area contributed by atoms with E-state index in [1.165, 1.54) is 6.21 Å². The number of hydrazone groups is 1. The topological polar surface area (TPSA) is 98.6 Å². The smallest absolute Gasteiger partial charge is 0.281 e. The summed E-state index contributed by atoms with van der Waals surface area (Å²) in [6, 6.07) is 28.4. The van der Waals surface area contributed by atoms with Gasteiger partial charge in [0.15, 0.2) is 28.6 Å². The van der Waals surface area contributed by atoms with Gasteiger partial charge in [-0.3, -0.25) is 4.79 Å². The van der Waals surface area contributed by atoms with E-state index in [-0.39, 0.29) is 6.79 Å². The van der Waals surface area contributed by atoms with Gasteiger partial charge in [0, 0.05) is 0 Å². The van der Waals surface area contributed by atoms with Crippen molar-refractivity contribution in [2.75, 3.05) is 13.9 Å². The number of hydrogen-bond acceptors (Lipinski definition) is 7. The number of amides is 1. The van der Waals surface area contributed by atoms with Gasteiger partial charge in [-0.05, 0) is 52.6 Å². The number of nitrogens with one attached hydrogen (secondary N) is 1. The fourth-order valence-electron chi connectivity index (χ4n) is 4.11. The van der Waals surface area contributed by atoms with Gasteiger partial charge in [0.1, 0.15) is 6.61 Å². The second-order valence-electron chi connectivity index (χ2n) is 8.53. The molecule has 0 radical (unpaired) electrons. The summed E-state index contributed by atoms with van der Waals surface area (Å²) in [5.74, 6) is 1.79. The van der Waals surface area contributed by atoms with Crippen LogP contribution in [0.5, 0.6) is 23.0 Å². The van der Waals surface area contributed by atoms with Crippen LogP contribution >= 0.6 is 0 Å². The van der Waals surface area contributed by atoms with Crippen molar-refractivity contribution in [1.82, 2.24) is 5.43 Å². The highest BCUT2D eigenvalue weighted by atomic mass is 16.7. The second kappa shape index (κ2) is 11.1. The number of ether oxygens (including phenoxy) is 4. The number of carbonyl (C=O) groups excluding carboxylic acids is 1. The van der Waals surface area contributed by atoms with Gasteiger partial charge in [-0.1, -0.05) is 66.7 Å². The molecule has 0 fully saturated rings. The molecule has 2 N–H and O–H groups in total. The van der Waals surface area contributed by atoms with Gasteiger partial charge < -0.3 is 24.1 Å². The molecule has 0 aliphatic carbocycles. The summed E-state index contributed by atoms with van der Waals surface area (Å²) in [7, 11) is 1.55. The highest BCUT2D eigenvalue weighted by Crippen LogP contribution is 2.34. The van der Waals surface area contributed by atoms with Crippen LogP contribution in [0.4, 0.5) is 0 Å². The van der Waals surface area contributed by atoms with E-state index < -0.39 is 11.5 Å². The average Bonchev–Trinajstić information content (AvgIpc) is 3.45. The molecule has 8 nitrogen and oxygen atoms in total. The quantitative estimate of drug-likeness (QED) is 0.256. The van der Waals surface area contributed by atoms with Gasteiger partial charge in [0.05, 0.1) is 13.3 Å². The van der Waals surface area contributed by atoms with E-state index in [1.807, 2.05) is 30.3 Å². The van der Waals surface area contributed by atoms with Crippen molar-refractivity contribution in [2.24, 2.45) is 5.10 Å². The lowest BCUT2D eigenvalue weighted by Gasteiger charge is -2.27. The maximum Gasteiger partial charge on any atom is 0.281 e. The van der Waals surface area contributed by atoms with Crippen molar-refractivity contribution in [3.05, 3.63) is 119 Å². The van der Waals surface area contributed by atoms with Crippen LogP contribution in [0.3, 0.4) is 0 Å². The van der Waals surface area contributed by atoms with Crippen LogP contribution < -0.4 is 24.4 Å². The molecule has 0 saturated heterocycles. The SMILES string of the molecule is COc1cc(/C=N\NC(=O)C(O)(c2ccccc2)c2ccccc2)ccc1OCc1ccc2c(c1)OCO2. The summed E-state index contributed by atoms with van der Waals surface area (Å²) in [5.41, 5.74) is 3.02. The molecule has 4 aromatic carbocycles. The predicted octanol–water partition coefficient (Wildman–Crippen LogP) is 4.39. The number of benzene rings is 4. The molecule has 0 saturated carbocycles. The maximum absolute atomic E-state index is 13.2. The number of hydrogen-bond donors (Lipinski definition) is 2. The van der Waals surface area contributed by atoms with Gasteiger partial charge in [-0.2, -0.15) is 5.10 Å². The van der Waals surface area contributed by atoms with Gasteiger partial charge >= 0.3 is 0 Å².